The van der Waals surface area contributed by atoms with Crippen molar-refractivity contribution < 1.29 is 19.1 Å². The predicted molar refractivity (Wildman–Crippen MR) is 78.6 cm³/mol. The largest absolute Gasteiger partial charge is 0.497 e. The molecule has 0 saturated carbocycles. The second kappa shape index (κ2) is 5.81. The summed E-state index contributed by atoms with van der Waals surface area (Å²) in [5.74, 6) is 0.314. The highest BCUT2D eigenvalue weighted by Crippen LogP contribution is 2.40. The third kappa shape index (κ3) is 2.35. The Kier molecular flexibility index (Phi) is 3.85. The Morgan fingerprint density at radius 1 is 1.41 bits per heavy atom. The van der Waals surface area contributed by atoms with E-state index < -0.39 is 5.97 Å². The van der Waals surface area contributed by atoms with Gasteiger partial charge >= 0.3 is 5.97 Å². The topological polar surface area (TPSA) is 59.1 Å². The lowest BCUT2D eigenvalue weighted by Gasteiger charge is -2.26. The molecule has 3 rings (SSSR count). The van der Waals surface area contributed by atoms with Crippen molar-refractivity contribution in [3.05, 3.63) is 41.6 Å². The molecule has 2 heterocycles. The van der Waals surface area contributed by atoms with E-state index in [1.807, 2.05) is 29.3 Å². The van der Waals surface area contributed by atoms with Crippen LogP contribution in [0.5, 0.6) is 5.75 Å². The number of carbonyl (C=O) groups excluding carboxylic acids is 2. The van der Waals surface area contributed by atoms with Crippen molar-refractivity contribution in [2.45, 2.75) is 19.4 Å². The summed E-state index contributed by atoms with van der Waals surface area (Å²) in [4.78, 5) is 24.2. The highest BCUT2D eigenvalue weighted by Gasteiger charge is 2.44. The van der Waals surface area contributed by atoms with Crippen LogP contribution < -0.4 is 4.74 Å². The summed E-state index contributed by atoms with van der Waals surface area (Å²) in [7, 11) is 1.60. The Morgan fingerprint density at radius 3 is 2.95 bits per heavy atom. The molecule has 1 saturated heterocycles. The van der Waals surface area contributed by atoms with E-state index >= 15 is 0 Å². The van der Waals surface area contributed by atoms with E-state index in [4.69, 9.17) is 9.47 Å². The zero-order valence-corrected chi connectivity index (χ0v) is 12.6. The second-order valence-corrected chi connectivity index (χ2v) is 5.14. The fourth-order valence-electron chi connectivity index (χ4n) is 2.88. The van der Waals surface area contributed by atoms with Crippen molar-refractivity contribution in [3.8, 4) is 5.75 Å². The van der Waals surface area contributed by atoms with Crippen molar-refractivity contribution in [2.75, 3.05) is 20.3 Å². The zero-order valence-electron chi connectivity index (χ0n) is 12.6. The van der Waals surface area contributed by atoms with Crippen molar-refractivity contribution >= 4 is 11.9 Å². The molecule has 1 aromatic rings. The Labute approximate surface area is 128 Å². The van der Waals surface area contributed by atoms with Crippen LogP contribution in [-0.2, 0) is 14.3 Å². The lowest BCUT2D eigenvalue weighted by Crippen LogP contribution is -2.33. The number of amides is 1. The number of benzene rings is 1. The standard InChI is InChI=1S/C16H18N2O4/c1-3-22-16(20)13-10-18-14(19)7-8-17(18)15(13)11-5-4-6-12(9-11)21-2/h4-6,9-10,15H,3,7-8H2,1-2H3. The van der Waals surface area contributed by atoms with E-state index in [9.17, 15) is 9.59 Å². The summed E-state index contributed by atoms with van der Waals surface area (Å²) in [6.07, 6.45) is 2.05. The minimum Gasteiger partial charge on any atom is -0.497 e. The fourth-order valence-corrected chi connectivity index (χ4v) is 2.88. The smallest absolute Gasteiger partial charge is 0.337 e. The van der Waals surface area contributed by atoms with Gasteiger partial charge in [0, 0.05) is 19.2 Å². The van der Waals surface area contributed by atoms with Crippen LogP contribution in [0.3, 0.4) is 0 Å². The Morgan fingerprint density at radius 2 is 2.23 bits per heavy atom. The van der Waals surface area contributed by atoms with Crippen LogP contribution in [0.15, 0.2) is 36.0 Å². The van der Waals surface area contributed by atoms with Gasteiger partial charge in [0.2, 0.25) is 5.91 Å². The van der Waals surface area contributed by atoms with E-state index in [2.05, 4.69) is 0 Å². The van der Waals surface area contributed by atoms with Gasteiger partial charge in [0.1, 0.15) is 5.75 Å². The monoisotopic (exact) mass is 302 g/mol. The van der Waals surface area contributed by atoms with Gasteiger partial charge in [0.15, 0.2) is 0 Å². The SMILES string of the molecule is CCOC(=O)C1=CN2C(=O)CCN2C1c1cccc(OC)c1. The first-order valence-electron chi connectivity index (χ1n) is 7.27. The molecule has 22 heavy (non-hydrogen) atoms. The van der Waals surface area contributed by atoms with Crippen molar-refractivity contribution in [1.29, 1.82) is 0 Å². The number of carbonyl (C=O) groups is 2. The average Bonchev–Trinajstić information content (AvgIpc) is 3.08. The average molecular weight is 302 g/mol. The second-order valence-electron chi connectivity index (χ2n) is 5.14. The molecule has 0 aliphatic carbocycles. The summed E-state index contributed by atoms with van der Waals surface area (Å²) in [5.41, 5.74) is 1.37. The maximum Gasteiger partial charge on any atom is 0.337 e. The fraction of sp³-hybridized carbons (Fsp3) is 0.375. The molecular formula is C16H18N2O4. The van der Waals surface area contributed by atoms with E-state index in [0.29, 0.717) is 30.9 Å². The van der Waals surface area contributed by atoms with Gasteiger partial charge in [-0.1, -0.05) is 12.1 Å². The van der Waals surface area contributed by atoms with Gasteiger partial charge < -0.3 is 9.47 Å². The van der Waals surface area contributed by atoms with E-state index in [1.54, 1.807) is 20.2 Å². The van der Waals surface area contributed by atoms with Crippen molar-refractivity contribution in [1.82, 2.24) is 10.0 Å². The molecule has 1 amide bonds. The van der Waals surface area contributed by atoms with Crippen LogP contribution in [-0.4, -0.2) is 42.2 Å². The van der Waals surface area contributed by atoms with Crippen molar-refractivity contribution in [3.63, 3.8) is 0 Å². The van der Waals surface area contributed by atoms with Gasteiger partial charge in [-0.25, -0.2) is 14.8 Å². The first-order chi connectivity index (χ1) is 10.7. The highest BCUT2D eigenvalue weighted by atomic mass is 16.5. The summed E-state index contributed by atoms with van der Waals surface area (Å²) >= 11 is 0. The lowest BCUT2D eigenvalue weighted by molar-refractivity contribution is -0.139. The molecule has 0 N–H and O–H groups in total. The number of esters is 1. The van der Waals surface area contributed by atoms with Gasteiger partial charge in [-0.3, -0.25) is 4.79 Å². The molecule has 2 aliphatic rings. The summed E-state index contributed by atoms with van der Waals surface area (Å²) < 4.78 is 10.4. The number of ether oxygens (including phenoxy) is 2. The number of nitrogens with zero attached hydrogens (tertiary/aromatic N) is 2. The Balaban J connectivity index is 2.00. The van der Waals surface area contributed by atoms with E-state index in [0.717, 1.165) is 5.56 Å². The molecule has 1 atom stereocenters. The lowest BCUT2D eigenvalue weighted by atomic mass is 9.99. The molecule has 0 aromatic heterocycles. The van der Waals surface area contributed by atoms with E-state index in [-0.39, 0.29) is 11.9 Å². The van der Waals surface area contributed by atoms with E-state index in [1.165, 1.54) is 5.01 Å². The molecule has 6 heteroatoms. The molecule has 1 aromatic carbocycles. The minimum absolute atomic E-state index is 0.00723. The predicted octanol–water partition coefficient (Wildman–Crippen LogP) is 1.65. The normalized spacial score (nSPS) is 20.8. The van der Waals surface area contributed by atoms with Crippen LogP contribution in [0.1, 0.15) is 24.9 Å². The number of methoxy groups -OCH3 is 1. The molecule has 0 radical (unpaired) electrons. The Bertz CT molecular complexity index is 641. The molecule has 2 aliphatic heterocycles. The van der Waals surface area contributed by atoms with Gasteiger partial charge in [0.25, 0.3) is 0 Å². The zero-order chi connectivity index (χ0) is 15.7. The maximum atomic E-state index is 12.2. The van der Waals surface area contributed by atoms with Gasteiger partial charge in [-0.05, 0) is 24.6 Å². The maximum absolute atomic E-state index is 12.2. The molecule has 0 spiro atoms. The van der Waals surface area contributed by atoms with Gasteiger partial charge in [-0.2, -0.15) is 0 Å². The minimum atomic E-state index is -0.391. The van der Waals surface area contributed by atoms with Crippen LogP contribution >= 0.6 is 0 Å². The first kappa shape index (κ1) is 14.6. The molecule has 1 unspecified atom stereocenters. The summed E-state index contributed by atoms with van der Waals surface area (Å²) in [5, 5.41) is 3.42. The van der Waals surface area contributed by atoms with Gasteiger partial charge in [0.05, 0.1) is 25.3 Å². The van der Waals surface area contributed by atoms with Crippen LogP contribution in [0.25, 0.3) is 0 Å². The number of hydrogen-bond donors (Lipinski definition) is 0. The number of rotatable bonds is 4. The third-order valence-electron chi connectivity index (χ3n) is 3.86. The van der Waals surface area contributed by atoms with Gasteiger partial charge in [-0.15, -0.1) is 0 Å². The molecule has 116 valence electrons. The number of hydrogen-bond acceptors (Lipinski definition) is 5. The third-order valence-corrected chi connectivity index (χ3v) is 3.86. The molecule has 0 bridgehead atoms. The van der Waals surface area contributed by atoms with Crippen molar-refractivity contribution in [2.24, 2.45) is 0 Å². The number of fused-ring (bicyclic) bond motifs is 1. The molecule has 1 fully saturated rings. The number of hydrazine groups is 1. The molecule has 6 nitrogen and oxygen atoms in total. The summed E-state index contributed by atoms with van der Waals surface area (Å²) in [6.45, 7) is 2.65. The quantitative estimate of drug-likeness (QED) is 0.792. The molecular weight excluding hydrogens is 284 g/mol. The summed E-state index contributed by atoms with van der Waals surface area (Å²) in [6, 6.07) is 7.20. The Hall–Kier alpha value is -2.34. The van der Waals surface area contributed by atoms with Crippen LogP contribution in [0, 0.1) is 0 Å². The first-order valence-corrected chi connectivity index (χ1v) is 7.27. The highest BCUT2D eigenvalue weighted by molar-refractivity contribution is 5.92. The van der Waals surface area contributed by atoms with Crippen LogP contribution in [0.2, 0.25) is 0 Å². The van der Waals surface area contributed by atoms with Crippen LogP contribution in [0.4, 0.5) is 0 Å².